The van der Waals surface area contributed by atoms with Gasteiger partial charge < -0.3 is 9.45 Å². The summed E-state index contributed by atoms with van der Waals surface area (Å²) < 4.78 is 37.4. The van der Waals surface area contributed by atoms with Crippen LogP contribution in [-0.4, -0.2) is 57.9 Å². The minimum Gasteiger partial charge on any atom is -0.724 e. The number of fused-ring (bicyclic) bond motifs is 2. The zero-order chi connectivity index (χ0) is 16.1. The fourth-order valence-electron chi connectivity index (χ4n) is 2.42. The Kier molecular flexibility index (Phi) is 4.99. The SMILES string of the molecule is Cn1ncc(C2=CC3CN(C2)C(=O)N3OS(=O)(=O)[O-])cc1=O.[Na+]. The third-order valence-electron chi connectivity index (χ3n) is 3.43. The molecule has 0 aliphatic carbocycles. The second-order valence-corrected chi connectivity index (χ2v) is 5.90. The first-order valence-corrected chi connectivity index (χ1v) is 7.56. The largest absolute Gasteiger partial charge is 1.00 e. The number of amides is 2. The van der Waals surface area contributed by atoms with Crippen LogP contribution >= 0.6 is 0 Å². The molecule has 23 heavy (non-hydrogen) atoms. The summed E-state index contributed by atoms with van der Waals surface area (Å²) in [4.78, 5) is 24.9. The molecule has 1 unspecified atom stereocenters. The molecule has 3 rings (SSSR count). The summed E-state index contributed by atoms with van der Waals surface area (Å²) in [5.41, 5.74) is 0.842. The van der Waals surface area contributed by atoms with E-state index in [9.17, 15) is 22.6 Å². The van der Waals surface area contributed by atoms with Crippen molar-refractivity contribution in [1.29, 1.82) is 0 Å². The maximum atomic E-state index is 12.0. The molecule has 2 bridgehead atoms. The normalized spacial score (nSPS) is 20.3. The summed E-state index contributed by atoms with van der Waals surface area (Å²) >= 11 is 0. The van der Waals surface area contributed by atoms with E-state index in [2.05, 4.69) is 9.38 Å². The Morgan fingerprint density at radius 2 is 2.09 bits per heavy atom. The molecule has 1 aromatic heterocycles. The Hall–Kier alpha value is -1.24. The van der Waals surface area contributed by atoms with Crippen LogP contribution in [0.5, 0.6) is 0 Å². The predicted octanol–water partition coefficient (Wildman–Crippen LogP) is -4.32. The number of hydrogen-bond donors (Lipinski definition) is 0. The third-order valence-corrected chi connectivity index (χ3v) is 3.78. The Morgan fingerprint density at radius 1 is 1.39 bits per heavy atom. The monoisotopic (exact) mass is 350 g/mol. The van der Waals surface area contributed by atoms with Gasteiger partial charge in [0, 0.05) is 31.8 Å². The van der Waals surface area contributed by atoms with Crippen molar-refractivity contribution in [3.8, 4) is 0 Å². The fraction of sp³-hybridized carbons (Fsp3) is 0.364. The van der Waals surface area contributed by atoms with Crippen molar-refractivity contribution < 1.29 is 51.6 Å². The number of hydrogen-bond acceptors (Lipinski definition) is 7. The molecule has 2 aliphatic heterocycles. The second kappa shape index (κ2) is 6.34. The van der Waals surface area contributed by atoms with Crippen molar-refractivity contribution in [2.75, 3.05) is 13.1 Å². The van der Waals surface area contributed by atoms with Crippen LogP contribution in [0.4, 0.5) is 4.79 Å². The van der Waals surface area contributed by atoms with E-state index in [1.54, 1.807) is 6.08 Å². The minimum atomic E-state index is -5.04. The Bertz CT molecular complexity index is 835. The summed E-state index contributed by atoms with van der Waals surface area (Å²) in [5, 5.41) is 4.42. The molecule has 1 aromatic rings. The van der Waals surface area contributed by atoms with Crippen molar-refractivity contribution in [3.05, 3.63) is 34.3 Å². The zero-order valence-electron chi connectivity index (χ0n) is 12.4. The van der Waals surface area contributed by atoms with Gasteiger partial charge in [-0.1, -0.05) is 6.08 Å². The van der Waals surface area contributed by atoms with Crippen LogP contribution in [0.3, 0.4) is 0 Å². The van der Waals surface area contributed by atoms with E-state index >= 15 is 0 Å². The summed E-state index contributed by atoms with van der Waals surface area (Å²) in [6, 6.07) is -0.0680. The standard InChI is InChI=1S/C11H12N4O6S.Na/c1-13-10(16)3-7(4-12-13)8-2-9-6-14(5-8)11(17)15(9)21-22(18,19)20;/h2-4,9H,5-6H2,1H3,(H,18,19,20);/q;+1/p-1. The number of carbonyl (C=O) groups excluding carboxylic acids is 1. The molecular formula is C11H11N4NaO6S. The van der Waals surface area contributed by atoms with E-state index in [4.69, 9.17) is 0 Å². The smallest absolute Gasteiger partial charge is 0.724 e. The Balaban J connectivity index is 0.00000192. The maximum absolute atomic E-state index is 12.0. The van der Waals surface area contributed by atoms with Gasteiger partial charge in [0.15, 0.2) is 0 Å². The number of hydroxylamine groups is 2. The molecule has 10 nitrogen and oxygen atoms in total. The topological polar surface area (TPSA) is 125 Å². The van der Waals surface area contributed by atoms with Crippen LogP contribution in [0.2, 0.25) is 0 Å². The summed E-state index contributed by atoms with van der Waals surface area (Å²) in [6.45, 7) is 0.374. The second-order valence-electron chi connectivity index (χ2n) is 4.94. The van der Waals surface area contributed by atoms with Crippen LogP contribution in [0.15, 0.2) is 23.1 Å². The molecule has 1 saturated heterocycles. The molecule has 0 N–H and O–H groups in total. The zero-order valence-corrected chi connectivity index (χ0v) is 15.2. The molecule has 0 saturated carbocycles. The average Bonchev–Trinajstić information content (AvgIpc) is 2.64. The molecule has 118 valence electrons. The van der Waals surface area contributed by atoms with Crippen molar-refractivity contribution in [1.82, 2.24) is 19.7 Å². The number of urea groups is 1. The number of nitrogens with zero attached hydrogens (tertiary/aromatic N) is 4. The van der Waals surface area contributed by atoms with Gasteiger partial charge in [0.2, 0.25) is 10.4 Å². The average molecular weight is 350 g/mol. The summed E-state index contributed by atoms with van der Waals surface area (Å²) in [5.74, 6) is 0. The van der Waals surface area contributed by atoms with Gasteiger partial charge in [0.25, 0.3) is 5.56 Å². The van der Waals surface area contributed by atoms with Gasteiger partial charge in [-0.05, 0) is 5.57 Å². The quantitative estimate of drug-likeness (QED) is 0.307. The van der Waals surface area contributed by atoms with Gasteiger partial charge in [-0.15, -0.1) is 0 Å². The molecule has 1 fully saturated rings. The first kappa shape index (κ1) is 18.1. The minimum absolute atomic E-state index is 0. The van der Waals surface area contributed by atoms with Crippen LogP contribution in [0.1, 0.15) is 5.56 Å². The van der Waals surface area contributed by atoms with Crippen LogP contribution < -0.4 is 35.1 Å². The van der Waals surface area contributed by atoms with E-state index in [-0.39, 0.29) is 48.2 Å². The summed E-state index contributed by atoms with van der Waals surface area (Å²) in [7, 11) is -3.53. The Labute approximate surface area is 153 Å². The van der Waals surface area contributed by atoms with Gasteiger partial charge in [-0.2, -0.15) is 14.4 Å². The molecule has 12 heteroatoms. The molecule has 0 aromatic carbocycles. The maximum Gasteiger partial charge on any atom is 1.00 e. The number of aromatic nitrogens is 2. The fourth-order valence-corrected chi connectivity index (χ4v) is 2.79. The van der Waals surface area contributed by atoms with Gasteiger partial charge >= 0.3 is 35.6 Å². The first-order valence-electron chi connectivity index (χ1n) is 6.22. The van der Waals surface area contributed by atoms with E-state index in [1.165, 1.54) is 24.2 Å². The van der Waals surface area contributed by atoms with Gasteiger partial charge in [-0.25, -0.2) is 17.9 Å². The molecular weight excluding hydrogens is 339 g/mol. The van der Waals surface area contributed by atoms with Crippen molar-refractivity contribution in [3.63, 3.8) is 0 Å². The number of rotatable bonds is 3. The van der Waals surface area contributed by atoms with Crippen molar-refractivity contribution in [2.45, 2.75) is 6.04 Å². The molecule has 0 spiro atoms. The van der Waals surface area contributed by atoms with Crippen molar-refractivity contribution >= 4 is 22.0 Å². The van der Waals surface area contributed by atoms with E-state index < -0.39 is 22.5 Å². The van der Waals surface area contributed by atoms with E-state index in [0.717, 1.165) is 4.68 Å². The molecule has 2 aliphatic rings. The van der Waals surface area contributed by atoms with E-state index in [1.807, 2.05) is 0 Å². The summed E-state index contributed by atoms with van der Waals surface area (Å²) in [6.07, 6.45) is 3.06. The van der Waals surface area contributed by atoms with E-state index in [0.29, 0.717) is 16.2 Å². The number of carbonyl (C=O) groups is 1. The van der Waals surface area contributed by atoms with Crippen LogP contribution in [0, 0.1) is 0 Å². The number of aryl methyl sites for hydroxylation is 1. The molecule has 3 heterocycles. The molecule has 2 amide bonds. The van der Waals surface area contributed by atoms with Gasteiger partial charge in [0.05, 0.1) is 12.2 Å². The Morgan fingerprint density at radius 3 is 2.70 bits per heavy atom. The van der Waals surface area contributed by atoms with Crippen molar-refractivity contribution in [2.24, 2.45) is 7.05 Å². The van der Waals surface area contributed by atoms with Gasteiger partial charge in [0.1, 0.15) is 0 Å². The van der Waals surface area contributed by atoms with Crippen LogP contribution in [-0.2, 0) is 21.7 Å². The predicted molar refractivity (Wildman–Crippen MR) is 70.8 cm³/mol. The molecule has 0 radical (unpaired) electrons. The first-order chi connectivity index (χ1) is 10.2. The van der Waals surface area contributed by atoms with Gasteiger partial charge in [-0.3, -0.25) is 4.79 Å². The van der Waals surface area contributed by atoms with Crippen LogP contribution in [0.25, 0.3) is 5.57 Å². The molecule has 1 atom stereocenters. The third kappa shape index (κ3) is 3.65.